The molecule has 1 aromatic rings. The first kappa shape index (κ1) is 38.7. The van der Waals surface area contributed by atoms with Gasteiger partial charge in [0.2, 0.25) is 0 Å². The van der Waals surface area contributed by atoms with Gasteiger partial charge in [0.25, 0.3) is 0 Å². The zero-order chi connectivity index (χ0) is 33.0. The smallest absolute Gasteiger partial charge is 0.487 e. The highest BCUT2D eigenvalue weighted by atomic mass is 31.2. The maximum atomic E-state index is 12.7. The van der Waals surface area contributed by atoms with Crippen molar-refractivity contribution in [3.8, 4) is 11.5 Å². The quantitative estimate of drug-likeness (QED) is 0.0462. The van der Waals surface area contributed by atoms with E-state index < -0.39 is 27.4 Å². The van der Waals surface area contributed by atoms with Crippen molar-refractivity contribution in [2.45, 2.75) is 150 Å². The van der Waals surface area contributed by atoms with E-state index in [-0.39, 0.29) is 18.4 Å². The maximum absolute atomic E-state index is 12.7. The molecule has 0 saturated carbocycles. The van der Waals surface area contributed by atoms with E-state index in [1.165, 1.54) is 44.9 Å². The van der Waals surface area contributed by atoms with Crippen molar-refractivity contribution < 1.29 is 43.3 Å². The lowest BCUT2D eigenvalue weighted by atomic mass is 9.83. The van der Waals surface area contributed by atoms with Gasteiger partial charge in [0.15, 0.2) is 0 Å². The summed E-state index contributed by atoms with van der Waals surface area (Å²) < 4.78 is 43.5. The highest BCUT2D eigenvalue weighted by Crippen LogP contribution is 2.48. The number of carbonyl (C=O) groups excluding carboxylic acids is 1. The van der Waals surface area contributed by atoms with Crippen molar-refractivity contribution in [1.29, 1.82) is 0 Å². The normalized spacial score (nSPS) is 19.2. The first-order valence-electron chi connectivity index (χ1n) is 16.3. The lowest BCUT2D eigenvalue weighted by Gasteiger charge is -2.38. The van der Waals surface area contributed by atoms with E-state index >= 15 is 0 Å². The van der Waals surface area contributed by atoms with Crippen molar-refractivity contribution in [1.82, 2.24) is 0 Å². The fourth-order valence-electron chi connectivity index (χ4n) is 6.22. The molecule has 0 fully saturated rings. The Balaban J connectivity index is 1.93. The zero-order valence-corrected chi connectivity index (χ0v) is 29.9. The minimum atomic E-state index is -2.82. The second-order valence-electron chi connectivity index (χ2n) is 13.6. The van der Waals surface area contributed by atoms with Gasteiger partial charge in [0.05, 0.1) is 12.8 Å². The highest BCUT2D eigenvalue weighted by molar-refractivity contribution is 7.58. The summed E-state index contributed by atoms with van der Waals surface area (Å²) in [6.07, 6.45) is 12.5. The maximum Gasteiger partial charge on any atom is 0.598 e. The number of esters is 1. The lowest BCUT2D eigenvalue weighted by Crippen LogP contribution is -2.37. The minimum Gasteiger partial charge on any atom is -0.487 e. The van der Waals surface area contributed by atoms with Crippen LogP contribution < -0.4 is 9.47 Å². The molecule has 2 rings (SSSR count). The van der Waals surface area contributed by atoms with E-state index in [0.29, 0.717) is 11.7 Å². The van der Waals surface area contributed by atoms with Gasteiger partial charge >= 0.3 is 27.4 Å². The number of hydrogen-bond acceptors (Lipinski definition) is 9. The van der Waals surface area contributed by atoms with Crippen molar-refractivity contribution >= 4 is 22.0 Å². The van der Waals surface area contributed by atoms with Crippen LogP contribution in [-0.2, 0) is 29.7 Å². The van der Waals surface area contributed by atoms with Crippen LogP contribution in [0, 0.1) is 38.5 Å². The van der Waals surface area contributed by atoms with Crippen molar-refractivity contribution in [2.75, 3.05) is 0 Å². The Kier molecular flexibility index (Phi) is 16.4. The van der Waals surface area contributed by atoms with E-state index in [9.17, 15) is 13.9 Å². The molecule has 11 heteroatoms. The second kappa shape index (κ2) is 18.6. The molecule has 0 saturated heterocycles. The fraction of sp³-hybridized carbons (Fsp3) is 0.788. The molecule has 1 aliphatic rings. The molecule has 2 N–H and O–H groups in total. The molecule has 0 radical (unpaired) electrons. The molecule has 0 aromatic heterocycles. The second-order valence-corrected chi connectivity index (χ2v) is 16.8. The molecule has 5 atom stereocenters. The molecule has 44 heavy (non-hydrogen) atoms. The van der Waals surface area contributed by atoms with Gasteiger partial charge in [0, 0.05) is 14.9 Å². The van der Waals surface area contributed by atoms with Crippen molar-refractivity contribution in [2.24, 2.45) is 17.8 Å². The van der Waals surface area contributed by atoms with Crippen LogP contribution in [0.2, 0.25) is 0 Å². The molecule has 250 valence electrons. The highest BCUT2D eigenvalue weighted by Gasteiger charge is 2.53. The Bertz CT molecular complexity index is 1110. The molecule has 0 aliphatic carbocycles. The van der Waals surface area contributed by atoms with Gasteiger partial charge < -0.3 is 9.47 Å². The summed E-state index contributed by atoms with van der Waals surface area (Å²) in [5, 5.41) is 16.0. The Morgan fingerprint density at radius 1 is 0.841 bits per heavy atom. The van der Waals surface area contributed by atoms with Gasteiger partial charge in [-0.25, -0.2) is 10.5 Å². The Hall–Kier alpha value is -1.47. The average Bonchev–Trinajstić information content (AvgIpc) is 2.97. The van der Waals surface area contributed by atoms with Crippen LogP contribution in [0.25, 0.3) is 0 Å². The van der Waals surface area contributed by atoms with Crippen molar-refractivity contribution in [3.05, 3.63) is 22.3 Å². The lowest BCUT2D eigenvalue weighted by molar-refractivity contribution is -0.137. The van der Waals surface area contributed by atoms with Crippen LogP contribution in [-0.4, -0.2) is 27.5 Å². The third-order valence-corrected chi connectivity index (χ3v) is 12.3. The molecule has 0 spiro atoms. The Morgan fingerprint density at radius 2 is 1.39 bits per heavy atom. The van der Waals surface area contributed by atoms with Crippen LogP contribution in [0.4, 0.5) is 0 Å². The summed E-state index contributed by atoms with van der Waals surface area (Å²) in [4.78, 5) is 12.7. The van der Waals surface area contributed by atoms with E-state index in [1.54, 1.807) is 0 Å². The molecule has 0 bridgehead atoms. The van der Waals surface area contributed by atoms with E-state index in [1.807, 2.05) is 20.8 Å². The van der Waals surface area contributed by atoms with Gasteiger partial charge in [-0.1, -0.05) is 72.6 Å². The summed E-state index contributed by atoms with van der Waals surface area (Å²) in [7, 11) is -5.63. The van der Waals surface area contributed by atoms with Crippen LogP contribution in [0.5, 0.6) is 11.5 Å². The minimum absolute atomic E-state index is 0.232. The average molecular weight is 659 g/mol. The fourth-order valence-corrected chi connectivity index (χ4v) is 7.99. The van der Waals surface area contributed by atoms with Gasteiger partial charge in [-0.2, -0.15) is 0 Å². The Labute approximate surface area is 266 Å². The van der Waals surface area contributed by atoms with Crippen LogP contribution in [0.15, 0.2) is 0 Å². The van der Waals surface area contributed by atoms with Gasteiger partial charge in [0.1, 0.15) is 17.1 Å². The summed E-state index contributed by atoms with van der Waals surface area (Å²) in [5.74, 6) is 3.05. The molecule has 1 aromatic carbocycles. The first-order valence-corrected chi connectivity index (χ1v) is 18.8. The Morgan fingerprint density at radius 3 is 1.93 bits per heavy atom. The summed E-state index contributed by atoms with van der Waals surface area (Å²) in [6.45, 7) is 17.4. The van der Waals surface area contributed by atoms with Crippen LogP contribution >= 0.6 is 16.1 Å². The largest absolute Gasteiger partial charge is 0.598 e. The molecule has 1 heterocycles. The monoisotopic (exact) mass is 658 g/mol. The van der Waals surface area contributed by atoms with Gasteiger partial charge in [-0.05, 0) is 97.0 Å². The third-order valence-electron chi connectivity index (χ3n) is 9.31. The molecular weight excluding hydrogens is 602 g/mol. The third kappa shape index (κ3) is 11.7. The number of benzene rings is 1. The number of carbonyl (C=O) groups is 1. The molecule has 0 amide bonds. The summed E-state index contributed by atoms with van der Waals surface area (Å²) in [6, 6.07) is 0. The number of ether oxygens (including phenoxy) is 2. The standard InChI is InChI=1S/C33H54O9P2/c1-22(2)12-9-13-23(3)14-10-15-24(4)16-11-20-33(8)21-19-28-27(7)31(25(5)26(6)32(28)40-33)39-29(34)17-18-30(43(37)41-35)44(38)42-36/h22-24,30H,9-21H2,1-8H3/p+2. The SMILES string of the molecule is Cc1c(C)c2c(c(C)c1OC(=O)CCC([P+](=O)OO)[P+](=O)OO)CCC(C)(CCCC(C)CCCC(C)CCCC(C)C)O2. The number of hydrogen-bond donors (Lipinski definition) is 2. The summed E-state index contributed by atoms with van der Waals surface area (Å²) >= 11 is 0. The molecular formula is C33H56O9P2+2. The topological polar surface area (TPSA) is 129 Å². The predicted molar refractivity (Wildman–Crippen MR) is 174 cm³/mol. The van der Waals surface area contributed by atoms with Crippen LogP contribution in [0.3, 0.4) is 0 Å². The molecule has 9 nitrogen and oxygen atoms in total. The predicted octanol–water partition coefficient (Wildman–Crippen LogP) is 10.6. The van der Waals surface area contributed by atoms with Crippen molar-refractivity contribution in [3.63, 3.8) is 0 Å². The van der Waals surface area contributed by atoms with E-state index in [0.717, 1.165) is 65.5 Å². The zero-order valence-electron chi connectivity index (χ0n) is 28.1. The number of fused-ring (bicyclic) bond motifs is 1. The van der Waals surface area contributed by atoms with E-state index in [4.69, 9.17) is 20.0 Å². The van der Waals surface area contributed by atoms with Gasteiger partial charge in [-0.15, -0.1) is 0 Å². The summed E-state index contributed by atoms with van der Waals surface area (Å²) in [5.41, 5.74) is 3.37. The van der Waals surface area contributed by atoms with E-state index in [2.05, 4.69) is 44.0 Å². The first-order chi connectivity index (χ1) is 20.7. The number of rotatable bonds is 20. The molecule has 5 unspecified atom stereocenters. The van der Waals surface area contributed by atoms with Gasteiger partial charge in [-0.3, -0.25) is 4.79 Å². The molecule has 1 aliphatic heterocycles. The van der Waals surface area contributed by atoms with Crippen LogP contribution in [0.1, 0.15) is 134 Å².